The van der Waals surface area contributed by atoms with Crippen molar-refractivity contribution >= 4 is 27.3 Å². The number of nitrogens with one attached hydrogen (secondary N) is 1. The average Bonchev–Trinajstić information content (AvgIpc) is 2.90. The summed E-state index contributed by atoms with van der Waals surface area (Å²) in [6, 6.07) is 5.04. The Morgan fingerprint density at radius 3 is 2.84 bits per heavy atom. The van der Waals surface area contributed by atoms with Crippen LogP contribution in [-0.4, -0.2) is 34.8 Å². The van der Waals surface area contributed by atoms with Gasteiger partial charge >= 0.3 is 0 Å². The van der Waals surface area contributed by atoms with E-state index < -0.39 is 10.0 Å². The molecule has 0 atom stereocenters. The molecule has 0 aliphatic carbocycles. The van der Waals surface area contributed by atoms with Crippen molar-refractivity contribution < 1.29 is 8.42 Å². The van der Waals surface area contributed by atoms with Gasteiger partial charge in [0.25, 0.3) is 0 Å². The van der Waals surface area contributed by atoms with Gasteiger partial charge in [-0.2, -0.15) is 5.10 Å². The average molecular weight is 301 g/mol. The zero-order valence-corrected chi connectivity index (χ0v) is 11.6. The maximum absolute atomic E-state index is 11.9. The molecule has 1 N–H and O–H groups in total. The molecule has 0 spiro atoms. The van der Waals surface area contributed by atoms with E-state index in [9.17, 15) is 8.42 Å². The molecule has 0 aliphatic rings. The molecular weight excluding hydrogens is 288 g/mol. The third-order valence-corrected chi connectivity index (χ3v) is 3.94. The van der Waals surface area contributed by atoms with Crippen LogP contribution in [0.25, 0.3) is 5.82 Å². The van der Waals surface area contributed by atoms with E-state index in [1.54, 1.807) is 36.8 Å². The number of anilines is 1. The number of alkyl halides is 1. The van der Waals surface area contributed by atoms with Crippen LogP contribution in [0.5, 0.6) is 0 Å². The first-order valence-corrected chi connectivity index (χ1v) is 7.82. The van der Waals surface area contributed by atoms with Gasteiger partial charge < -0.3 is 0 Å². The van der Waals surface area contributed by atoms with Crippen molar-refractivity contribution in [1.29, 1.82) is 0 Å². The fraction of sp³-hybridized carbons (Fsp3) is 0.273. The lowest BCUT2D eigenvalue weighted by molar-refractivity contribution is 0.600. The second-order valence-corrected chi connectivity index (χ2v) is 6.01. The van der Waals surface area contributed by atoms with E-state index in [4.69, 9.17) is 11.6 Å². The number of pyridine rings is 1. The van der Waals surface area contributed by atoms with E-state index in [0.29, 0.717) is 23.8 Å². The molecule has 2 heterocycles. The van der Waals surface area contributed by atoms with Gasteiger partial charge in [-0.1, -0.05) is 0 Å². The lowest BCUT2D eigenvalue weighted by Gasteiger charge is -2.11. The number of rotatable bonds is 6. The van der Waals surface area contributed by atoms with Gasteiger partial charge in [0.05, 0.1) is 11.4 Å². The predicted molar refractivity (Wildman–Crippen MR) is 74.1 cm³/mol. The van der Waals surface area contributed by atoms with Crippen molar-refractivity contribution in [2.75, 3.05) is 16.4 Å². The van der Waals surface area contributed by atoms with Crippen LogP contribution in [-0.2, 0) is 10.0 Å². The maximum atomic E-state index is 11.9. The Hall–Kier alpha value is -1.60. The van der Waals surface area contributed by atoms with Crippen LogP contribution in [0.3, 0.4) is 0 Å². The van der Waals surface area contributed by atoms with E-state index in [0.717, 1.165) is 0 Å². The van der Waals surface area contributed by atoms with Gasteiger partial charge in [0.2, 0.25) is 10.0 Å². The molecular formula is C11H13ClN4O2S. The second-order valence-electron chi connectivity index (χ2n) is 3.79. The van der Waals surface area contributed by atoms with Gasteiger partial charge in [0.15, 0.2) is 5.82 Å². The maximum Gasteiger partial charge on any atom is 0.232 e. The van der Waals surface area contributed by atoms with Crippen LogP contribution in [0.4, 0.5) is 5.69 Å². The molecule has 2 rings (SSSR count). The number of aromatic nitrogens is 3. The Kier molecular flexibility index (Phi) is 4.39. The zero-order chi connectivity index (χ0) is 13.7. The Labute approximate surface area is 116 Å². The van der Waals surface area contributed by atoms with E-state index in [1.165, 1.54) is 4.68 Å². The summed E-state index contributed by atoms with van der Waals surface area (Å²) < 4.78 is 27.7. The molecule has 0 aromatic carbocycles. The zero-order valence-electron chi connectivity index (χ0n) is 10.0. The van der Waals surface area contributed by atoms with Crippen molar-refractivity contribution in [2.24, 2.45) is 0 Å². The molecule has 6 nitrogen and oxygen atoms in total. The molecule has 0 unspecified atom stereocenters. The normalized spacial score (nSPS) is 11.4. The number of nitrogens with zero attached hydrogens (tertiary/aromatic N) is 3. The number of sulfonamides is 1. The summed E-state index contributed by atoms with van der Waals surface area (Å²) in [6.45, 7) is 0. The highest BCUT2D eigenvalue weighted by molar-refractivity contribution is 7.92. The van der Waals surface area contributed by atoms with Crippen molar-refractivity contribution in [1.82, 2.24) is 14.8 Å². The fourth-order valence-electron chi connectivity index (χ4n) is 1.52. The largest absolute Gasteiger partial charge is 0.280 e. The minimum atomic E-state index is -3.43. The summed E-state index contributed by atoms with van der Waals surface area (Å²) in [5.41, 5.74) is 0.390. The first kappa shape index (κ1) is 13.8. The summed E-state index contributed by atoms with van der Waals surface area (Å²) in [4.78, 5) is 4.13. The summed E-state index contributed by atoms with van der Waals surface area (Å²) in [5, 5.41) is 4.04. The van der Waals surface area contributed by atoms with E-state index in [-0.39, 0.29) is 5.75 Å². The molecule has 0 bridgehead atoms. The smallest absolute Gasteiger partial charge is 0.232 e. The number of hydrogen-bond acceptors (Lipinski definition) is 4. The van der Waals surface area contributed by atoms with Gasteiger partial charge in [0.1, 0.15) is 0 Å². The molecule has 0 aliphatic heterocycles. The summed E-state index contributed by atoms with van der Waals surface area (Å²) in [6.07, 6.45) is 5.27. The van der Waals surface area contributed by atoms with Crippen LogP contribution in [0, 0.1) is 0 Å². The van der Waals surface area contributed by atoms with Gasteiger partial charge in [-0.3, -0.25) is 4.72 Å². The fourth-order valence-corrected chi connectivity index (χ4v) is 2.93. The number of halogens is 1. The van der Waals surface area contributed by atoms with Crippen molar-refractivity contribution in [3.63, 3.8) is 0 Å². The van der Waals surface area contributed by atoms with E-state index in [2.05, 4.69) is 14.8 Å². The Morgan fingerprint density at radius 1 is 1.32 bits per heavy atom. The van der Waals surface area contributed by atoms with Gasteiger partial charge in [0, 0.05) is 24.5 Å². The van der Waals surface area contributed by atoms with Gasteiger partial charge in [-0.05, 0) is 24.6 Å². The Bertz CT molecular complexity index is 628. The Balaban J connectivity index is 2.26. The van der Waals surface area contributed by atoms with E-state index in [1.807, 2.05) is 0 Å². The van der Waals surface area contributed by atoms with Crippen LogP contribution >= 0.6 is 11.6 Å². The van der Waals surface area contributed by atoms with Crippen LogP contribution in [0.15, 0.2) is 36.8 Å². The third kappa shape index (κ3) is 3.68. The minimum Gasteiger partial charge on any atom is -0.280 e. The van der Waals surface area contributed by atoms with E-state index >= 15 is 0 Å². The highest BCUT2D eigenvalue weighted by atomic mass is 35.5. The summed E-state index contributed by atoms with van der Waals surface area (Å²) in [5.74, 6) is 0.714. The highest BCUT2D eigenvalue weighted by Gasteiger charge is 2.14. The quantitative estimate of drug-likeness (QED) is 0.823. The molecule has 0 amide bonds. The molecule has 2 aromatic rings. The lowest BCUT2D eigenvalue weighted by Crippen LogP contribution is -2.18. The topological polar surface area (TPSA) is 76.9 Å². The van der Waals surface area contributed by atoms with Gasteiger partial charge in [-0.15, -0.1) is 11.6 Å². The highest BCUT2D eigenvalue weighted by Crippen LogP contribution is 2.17. The Morgan fingerprint density at radius 2 is 2.16 bits per heavy atom. The predicted octanol–water partition coefficient (Wildman–Crippen LogP) is 1.64. The molecule has 2 aromatic heterocycles. The molecule has 0 saturated carbocycles. The minimum absolute atomic E-state index is 0.0239. The monoisotopic (exact) mass is 300 g/mol. The molecule has 8 heteroatoms. The van der Waals surface area contributed by atoms with Crippen LogP contribution in [0.1, 0.15) is 6.42 Å². The first-order valence-electron chi connectivity index (χ1n) is 5.64. The first-order chi connectivity index (χ1) is 9.12. The summed E-state index contributed by atoms with van der Waals surface area (Å²) >= 11 is 5.50. The summed E-state index contributed by atoms with van der Waals surface area (Å²) in [7, 11) is -3.43. The number of hydrogen-bond donors (Lipinski definition) is 1. The van der Waals surface area contributed by atoms with Crippen molar-refractivity contribution in [3.05, 3.63) is 36.8 Å². The standard InChI is InChI=1S/C11H13ClN4O2S/c12-5-2-9-19(17,18)15-10-4-1-6-13-11(10)16-8-3-7-14-16/h1,3-4,6-8,15H,2,5,9H2. The van der Waals surface area contributed by atoms with Crippen molar-refractivity contribution in [3.8, 4) is 5.82 Å². The van der Waals surface area contributed by atoms with Crippen molar-refractivity contribution in [2.45, 2.75) is 6.42 Å². The molecule has 102 valence electrons. The molecule has 19 heavy (non-hydrogen) atoms. The third-order valence-electron chi connectivity index (χ3n) is 2.32. The molecule has 0 saturated heterocycles. The van der Waals surface area contributed by atoms with Gasteiger partial charge in [-0.25, -0.2) is 18.1 Å². The van der Waals surface area contributed by atoms with Crippen LogP contribution < -0.4 is 4.72 Å². The lowest BCUT2D eigenvalue weighted by atomic mass is 10.4. The SMILES string of the molecule is O=S(=O)(CCCCl)Nc1cccnc1-n1cccn1. The molecule has 0 radical (unpaired) electrons. The molecule has 0 fully saturated rings. The second kappa shape index (κ2) is 6.03. The van der Waals surface area contributed by atoms with Crippen LogP contribution in [0.2, 0.25) is 0 Å².